The second kappa shape index (κ2) is 8.89. The third kappa shape index (κ3) is 4.44. The van der Waals surface area contributed by atoms with Crippen LogP contribution in [-0.2, 0) is 16.1 Å². The maximum Gasteiger partial charge on any atom is 0.338 e. The van der Waals surface area contributed by atoms with Crippen molar-refractivity contribution in [3.8, 4) is 11.3 Å². The SMILES string of the molecule is CCOC(=O)c1ccc(-c2ccc(/C=C3/NC(=O)N(Cc4ccc(F)cc4)C3=O)o2)cc1. The highest BCUT2D eigenvalue weighted by atomic mass is 19.1. The Morgan fingerprint density at radius 3 is 2.47 bits per heavy atom. The Labute approximate surface area is 183 Å². The molecular weight excluding hydrogens is 415 g/mol. The quantitative estimate of drug-likeness (QED) is 0.354. The number of hydrogen-bond acceptors (Lipinski definition) is 5. The molecule has 1 aliphatic heterocycles. The molecule has 162 valence electrons. The van der Waals surface area contributed by atoms with Crippen LogP contribution in [0.5, 0.6) is 0 Å². The summed E-state index contributed by atoms with van der Waals surface area (Å²) in [4.78, 5) is 37.7. The number of carbonyl (C=O) groups excluding carboxylic acids is 3. The van der Waals surface area contributed by atoms with Gasteiger partial charge in [-0.3, -0.25) is 9.69 Å². The molecule has 8 heteroatoms. The number of nitrogens with one attached hydrogen (secondary N) is 1. The number of rotatable bonds is 6. The number of furan rings is 1. The van der Waals surface area contributed by atoms with Crippen LogP contribution < -0.4 is 5.32 Å². The van der Waals surface area contributed by atoms with Crippen LogP contribution in [0.1, 0.15) is 28.6 Å². The fourth-order valence-electron chi connectivity index (χ4n) is 3.20. The minimum absolute atomic E-state index is 0.0263. The number of urea groups is 1. The molecule has 4 rings (SSSR count). The summed E-state index contributed by atoms with van der Waals surface area (Å²) in [5, 5.41) is 2.53. The lowest BCUT2D eigenvalue weighted by Crippen LogP contribution is -2.30. The fraction of sp³-hybridized carbons (Fsp3) is 0.125. The van der Waals surface area contributed by atoms with Crippen molar-refractivity contribution in [2.45, 2.75) is 13.5 Å². The van der Waals surface area contributed by atoms with E-state index < -0.39 is 23.7 Å². The molecule has 1 saturated heterocycles. The lowest BCUT2D eigenvalue weighted by atomic mass is 10.1. The molecule has 3 aromatic rings. The summed E-state index contributed by atoms with van der Waals surface area (Å²) in [6.45, 7) is 2.07. The molecule has 2 heterocycles. The molecule has 0 unspecified atom stereocenters. The Morgan fingerprint density at radius 2 is 1.78 bits per heavy atom. The summed E-state index contributed by atoms with van der Waals surface area (Å²) >= 11 is 0. The van der Waals surface area contributed by atoms with Gasteiger partial charge in [0.25, 0.3) is 5.91 Å². The Hall–Kier alpha value is -4.20. The molecule has 0 bridgehead atoms. The molecule has 1 aromatic heterocycles. The Morgan fingerprint density at radius 1 is 1.06 bits per heavy atom. The van der Waals surface area contributed by atoms with Crippen LogP contribution in [0.25, 0.3) is 17.4 Å². The minimum atomic E-state index is -0.563. The van der Waals surface area contributed by atoms with Crippen molar-refractivity contribution < 1.29 is 27.9 Å². The normalized spacial score (nSPS) is 14.7. The van der Waals surface area contributed by atoms with Crippen molar-refractivity contribution in [1.29, 1.82) is 0 Å². The number of hydrogen-bond donors (Lipinski definition) is 1. The summed E-state index contributed by atoms with van der Waals surface area (Å²) in [6.07, 6.45) is 1.45. The van der Waals surface area contributed by atoms with Crippen molar-refractivity contribution in [2.24, 2.45) is 0 Å². The average molecular weight is 434 g/mol. The van der Waals surface area contributed by atoms with Crippen molar-refractivity contribution in [3.63, 3.8) is 0 Å². The van der Waals surface area contributed by atoms with E-state index in [1.807, 2.05) is 0 Å². The van der Waals surface area contributed by atoms with Gasteiger partial charge in [0.2, 0.25) is 0 Å². The third-order valence-electron chi connectivity index (χ3n) is 4.81. The Balaban J connectivity index is 1.48. The number of benzene rings is 2. The van der Waals surface area contributed by atoms with Gasteiger partial charge in [-0.15, -0.1) is 0 Å². The lowest BCUT2D eigenvalue weighted by molar-refractivity contribution is -0.123. The molecule has 1 fully saturated rings. The molecule has 2 aromatic carbocycles. The first-order valence-corrected chi connectivity index (χ1v) is 9.91. The highest BCUT2D eigenvalue weighted by Crippen LogP contribution is 2.25. The minimum Gasteiger partial charge on any atom is -0.462 e. The first-order chi connectivity index (χ1) is 15.4. The Kier molecular flexibility index (Phi) is 5.85. The maximum atomic E-state index is 13.1. The van der Waals surface area contributed by atoms with E-state index in [-0.39, 0.29) is 12.2 Å². The molecule has 32 heavy (non-hydrogen) atoms. The van der Waals surface area contributed by atoms with Crippen LogP contribution in [0.15, 0.2) is 70.8 Å². The fourth-order valence-corrected chi connectivity index (χ4v) is 3.20. The van der Waals surface area contributed by atoms with E-state index in [1.165, 1.54) is 30.3 Å². The number of amides is 3. The van der Waals surface area contributed by atoms with E-state index >= 15 is 0 Å². The van der Waals surface area contributed by atoms with E-state index in [0.717, 1.165) is 10.5 Å². The van der Waals surface area contributed by atoms with Crippen LogP contribution >= 0.6 is 0 Å². The molecule has 3 amide bonds. The Bertz CT molecular complexity index is 1200. The van der Waals surface area contributed by atoms with E-state index in [1.54, 1.807) is 43.3 Å². The van der Waals surface area contributed by atoms with Gasteiger partial charge in [-0.1, -0.05) is 24.3 Å². The summed E-state index contributed by atoms with van der Waals surface area (Å²) in [5.74, 6) is -0.384. The smallest absolute Gasteiger partial charge is 0.338 e. The van der Waals surface area contributed by atoms with Gasteiger partial charge in [-0.05, 0) is 48.9 Å². The zero-order chi connectivity index (χ0) is 22.7. The zero-order valence-corrected chi connectivity index (χ0v) is 17.1. The summed E-state index contributed by atoms with van der Waals surface area (Å²) in [5.41, 5.74) is 1.88. The summed E-state index contributed by atoms with van der Waals surface area (Å²) in [6, 6.07) is 15.2. The van der Waals surface area contributed by atoms with Gasteiger partial charge in [-0.2, -0.15) is 0 Å². The molecule has 7 nitrogen and oxygen atoms in total. The molecule has 0 atom stereocenters. The number of halogens is 1. The van der Waals surface area contributed by atoms with Gasteiger partial charge < -0.3 is 14.5 Å². The average Bonchev–Trinajstić information content (AvgIpc) is 3.36. The van der Waals surface area contributed by atoms with E-state index in [9.17, 15) is 18.8 Å². The second-order valence-electron chi connectivity index (χ2n) is 7.01. The standard InChI is InChI=1S/C24H19FN2O5/c1-2-31-23(29)17-7-5-16(6-8-17)21-12-11-19(32-21)13-20-22(28)27(24(30)26-20)14-15-3-9-18(25)10-4-15/h3-13H,2,14H2,1H3,(H,26,30)/b20-13+. The molecular formula is C24H19FN2O5. The number of nitrogens with zero attached hydrogens (tertiary/aromatic N) is 1. The van der Waals surface area contributed by atoms with Gasteiger partial charge in [0.1, 0.15) is 23.0 Å². The number of esters is 1. The number of carbonyl (C=O) groups is 3. The van der Waals surface area contributed by atoms with Gasteiger partial charge in [0, 0.05) is 11.6 Å². The van der Waals surface area contributed by atoms with Gasteiger partial charge in [-0.25, -0.2) is 14.0 Å². The maximum absolute atomic E-state index is 13.1. The zero-order valence-electron chi connectivity index (χ0n) is 17.1. The van der Waals surface area contributed by atoms with Crippen LogP contribution in [0, 0.1) is 5.82 Å². The second-order valence-corrected chi connectivity index (χ2v) is 7.01. The lowest BCUT2D eigenvalue weighted by Gasteiger charge is -2.11. The predicted octanol–water partition coefficient (Wildman–Crippen LogP) is 4.36. The van der Waals surface area contributed by atoms with Crippen molar-refractivity contribution in [1.82, 2.24) is 10.2 Å². The van der Waals surface area contributed by atoms with Crippen molar-refractivity contribution in [3.05, 3.63) is 89.1 Å². The highest BCUT2D eigenvalue weighted by Gasteiger charge is 2.33. The summed E-state index contributed by atoms with van der Waals surface area (Å²) in [7, 11) is 0. The first-order valence-electron chi connectivity index (χ1n) is 9.91. The van der Waals surface area contributed by atoms with E-state index in [0.29, 0.717) is 29.3 Å². The van der Waals surface area contributed by atoms with Crippen LogP contribution in [-0.4, -0.2) is 29.4 Å². The summed E-state index contributed by atoms with van der Waals surface area (Å²) < 4.78 is 23.8. The van der Waals surface area contributed by atoms with Gasteiger partial charge in [0.15, 0.2) is 0 Å². The number of ether oxygens (including phenoxy) is 1. The molecule has 0 saturated carbocycles. The predicted molar refractivity (Wildman–Crippen MR) is 114 cm³/mol. The largest absolute Gasteiger partial charge is 0.462 e. The monoisotopic (exact) mass is 434 g/mol. The number of imide groups is 1. The molecule has 1 aliphatic rings. The molecule has 0 spiro atoms. The van der Waals surface area contributed by atoms with Crippen molar-refractivity contribution >= 4 is 24.0 Å². The van der Waals surface area contributed by atoms with E-state index in [2.05, 4.69) is 5.32 Å². The van der Waals surface area contributed by atoms with Crippen LogP contribution in [0.2, 0.25) is 0 Å². The van der Waals surface area contributed by atoms with Crippen molar-refractivity contribution in [2.75, 3.05) is 6.61 Å². The highest BCUT2D eigenvalue weighted by molar-refractivity contribution is 6.13. The van der Waals surface area contributed by atoms with Crippen LogP contribution in [0.4, 0.5) is 9.18 Å². The first kappa shape index (κ1) is 21.0. The van der Waals surface area contributed by atoms with E-state index in [4.69, 9.17) is 9.15 Å². The topological polar surface area (TPSA) is 88.9 Å². The molecule has 0 radical (unpaired) electrons. The molecule has 1 N–H and O–H groups in total. The van der Waals surface area contributed by atoms with Crippen LogP contribution in [0.3, 0.4) is 0 Å². The third-order valence-corrected chi connectivity index (χ3v) is 4.81. The van der Waals surface area contributed by atoms with Gasteiger partial charge >= 0.3 is 12.0 Å². The van der Waals surface area contributed by atoms with Gasteiger partial charge in [0.05, 0.1) is 18.7 Å². The molecule has 0 aliphatic carbocycles.